The van der Waals surface area contributed by atoms with Gasteiger partial charge in [0.15, 0.2) is 0 Å². The van der Waals surface area contributed by atoms with Gasteiger partial charge in [0.2, 0.25) is 0 Å². The summed E-state index contributed by atoms with van der Waals surface area (Å²) < 4.78 is 0. The second kappa shape index (κ2) is 8.78. The van der Waals surface area contributed by atoms with Crippen molar-refractivity contribution in [2.24, 2.45) is 5.73 Å². The molecule has 4 N–H and O–H groups in total. The maximum absolute atomic E-state index is 12.3. The van der Waals surface area contributed by atoms with Crippen LogP contribution in [0.1, 0.15) is 45.0 Å². The zero-order chi connectivity index (χ0) is 20.3. The van der Waals surface area contributed by atoms with E-state index in [2.05, 4.69) is 11.4 Å². The van der Waals surface area contributed by atoms with Crippen LogP contribution in [0.25, 0.3) is 0 Å². The van der Waals surface area contributed by atoms with E-state index in [1.165, 1.54) is 24.3 Å². The number of halogens is 2. The standard InChI is InChI=1S/C21H20Cl2N2O3/c22-15-6-8-16(18(23)10-15)17-7-1-12(9-19(17)24)11-25-20(26)13-2-4-14(5-3-13)21(27)28/h1-6,8,10,17,19H,7,9,11,24H2,(H,25,26)(H,27,28)/t17-,19+/m1/s1. The molecule has 2 aromatic carbocycles. The lowest BCUT2D eigenvalue weighted by Gasteiger charge is -2.29. The molecule has 7 heteroatoms. The number of aromatic carboxylic acids is 1. The number of carbonyl (C=O) groups excluding carboxylic acids is 1. The topological polar surface area (TPSA) is 92.4 Å². The molecule has 0 heterocycles. The number of carboxylic acid groups (broad SMARTS) is 1. The second-order valence-corrected chi connectivity index (χ2v) is 7.65. The van der Waals surface area contributed by atoms with E-state index in [9.17, 15) is 9.59 Å². The molecule has 0 aromatic heterocycles. The summed E-state index contributed by atoms with van der Waals surface area (Å²) in [4.78, 5) is 23.1. The van der Waals surface area contributed by atoms with E-state index < -0.39 is 5.97 Å². The lowest BCUT2D eigenvalue weighted by atomic mass is 9.81. The Hall–Kier alpha value is -2.34. The number of rotatable bonds is 5. The van der Waals surface area contributed by atoms with Gasteiger partial charge in [-0.15, -0.1) is 0 Å². The fourth-order valence-electron chi connectivity index (χ4n) is 3.36. The van der Waals surface area contributed by atoms with E-state index in [1.54, 1.807) is 6.07 Å². The normalized spacial score (nSPS) is 19.0. The summed E-state index contributed by atoms with van der Waals surface area (Å²) in [6, 6.07) is 11.2. The lowest BCUT2D eigenvalue weighted by molar-refractivity contribution is 0.0696. The number of benzene rings is 2. The molecule has 2 atom stereocenters. The number of carboxylic acids is 1. The van der Waals surface area contributed by atoms with Gasteiger partial charge in [-0.1, -0.05) is 40.9 Å². The summed E-state index contributed by atoms with van der Waals surface area (Å²) in [5.41, 5.74) is 8.97. The summed E-state index contributed by atoms with van der Waals surface area (Å²) >= 11 is 12.3. The van der Waals surface area contributed by atoms with Gasteiger partial charge in [0.25, 0.3) is 5.91 Å². The third-order valence-electron chi connectivity index (χ3n) is 4.91. The van der Waals surface area contributed by atoms with Gasteiger partial charge in [-0.25, -0.2) is 4.79 Å². The van der Waals surface area contributed by atoms with Gasteiger partial charge >= 0.3 is 5.97 Å². The Morgan fingerprint density at radius 1 is 1.11 bits per heavy atom. The Morgan fingerprint density at radius 2 is 1.79 bits per heavy atom. The summed E-state index contributed by atoms with van der Waals surface area (Å²) in [6.45, 7) is 0.397. The molecule has 1 amide bonds. The van der Waals surface area contributed by atoms with Crippen molar-refractivity contribution in [2.45, 2.75) is 24.8 Å². The Labute approximate surface area is 173 Å². The molecular formula is C21H20Cl2N2O3. The van der Waals surface area contributed by atoms with Crippen LogP contribution in [0.5, 0.6) is 0 Å². The molecule has 28 heavy (non-hydrogen) atoms. The molecule has 0 aliphatic heterocycles. The van der Waals surface area contributed by atoms with Crippen LogP contribution in [0.15, 0.2) is 54.1 Å². The van der Waals surface area contributed by atoms with Crippen LogP contribution < -0.4 is 11.1 Å². The molecule has 146 valence electrons. The number of allylic oxidation sites excluding steroid dienone is 1. The van der Waals surface area contributed by atoms with Crippen molar-refractivity contribution in [2.75, 3.05) is 6.54 Å². The molecule has 0 bridgehead atoms. The zero-order valence-corrected chi connectivity index (χ0v) is 16.5. The van der Waals surface area contributed by atoms with Gasteiger partial charge in [-0.3, -0.25) is 4.79 Å². The van der Waals surface area contributed by atoms with Crippen molar-refractivity contribution in [3.8, 4) is 0 Å². The predicted molar refractivity (Wildman–Crippen MR) is 110 cm³/mol. The minimum absolute atomic E-state index is 0.104. The predicted octanol–water partition coefficient (Wildman–Crippen LogP) is 4.25. The highest BCUT2D eigenvalue weighted by Crippen LogP contribution is 2.36. The highest BCUT2D eigenvalue weighted by molar-refractivity contribution is 6.35. The van der Waals surface area contributed by atoms with Crippen molar-refractivity contribution in [3.05, 3.63) is 80.8 Å². The monoisotopic (exact) mass is 418 g/mol. The van der Waals surface area contributed by atoms with Gasteiger partial charge in [-0.05, 0) is 54.8 Å². The molecule has 0 spiro atoms. The van der Waals surface area contributed by atoms with E-state index >= 15 is 0 Å². The SMILES string of the molecule is N[C@H]1CC(CNC(=O)c2ccc(C(=O)O)cc2)=CC[C@@H]1c1ccc(Cl)cc1Cl. The number of nitrogens with two attached hydrogens (primary N) is 1. The Kier molecular flexibility index (Phi) is 6.39. The van der Waals surface area contributed by atoms with E-state index in [-0.39, 0.29) is 23.4 Å². The zero-order valence-electron chi connectivity index (χ0n) is 15.0. The van der Waals surface area contributed by atoms with Gasteiger partial charge in [-0.2, -0.15) is 0 Å². The van der Waals surface area contributed by atoms with Gasteiger partial charge in [0.05, 0.1) is 5.56 Å². The molecule has 2 aromatic rings. The Morgan fingerprint density at radius 3 is 2.39 bits per heavy atom. The third-order valence-corrected chi connectivity index (χ3v) is 5.47. The Balaban J connectivity index is 1.60. The maximum Gasteiger partial charge on any atom is 0.335 e. The van der Waals surface area contributed by atoms with Crippen molar-refractivity contribution in [3.63, 3.8) is 0 Å². The molecule has 1 aliphatic rings. The number of hydrogen-bond donors (Lipinski definition) is 3. The first-order chi connectivity index (χ1) is 13.3. The van der Waals surface area contributed by atoms with Crippen molar-refractivity contribution in [1.29, 1.82) is 0 Å². The van der Waals surface area contributed by atoms with Crippen LogP contribution in [0, 0.1) is 0 Å². The average molecular weight is 419 g/mol. The summed E-state index contributed by atoms with van der Waals surface area (Å²) in [5.74, 6) is -1.18. The number of amides is 1. The molecule has 0 saturated carbocycles. The minimum atomic E-state index is -1.02. The van der Waals surface area contributed by atoms with Crippen LogP contribution in [0.2, 0.25) is 10.0 Å². The van der Waals surface area contributed by atoms with Crippen LogP contribution in [0.3, 0.4) is 0 Å². The van der Waals surface area contributed by atoms with Crippen LogP contribution in [-0.2, 0) is 0 Å². The second-order valence-electron chi connectivity index (χ2n) is 6.80. The minimum Gasteiger partial charge on any atom is -0.478 e. The lowest BCUT2D eigenvalue weighted by Crippen LogP contribution is -2.34. The van der Waals surface area contributed by atoms with Gasteiger partial charge < -0.3 is 16.2 Å². The molecule has 0 unspecified atom stereocenters. The smallest absolute Gasteiger partial charge is 0.335 e. The van der Waals surface area contributed by atoms with Gasteiger partial charge in [0, 0.05) is 34.1 Å². The first-order valence-electron chi connectivity index (χ1n) is 8.85. The number of nitrogens with one attached hydrogen (secondary N) is 1. The fraction of sp³-hybridized carbons (Fsp3) is 0.238. The van der Waals surface area contributed by atoms with Crippen molar-refractivity contribution < 1.29 is 14.7 Å². The van der Waals surface area contributed by atoms with E-state index in [0.29, 0.717) is 28.6 Å². The molecular weight excluding hydrogens is 399 g/mol. The molecule has 3 rings (SSSR count). The third kappa shape index (κ3) is 4.73. The molecule has 1 aliphatic carbocycles. The van der Waals surface area contributed by atoms with Crippen molar-refractivity contribution >= 4 is 35.1 Å². The van der Waals surface area contributed by atoms with E-state index in [0.717, 1.165) is 17.6 Å². The van der Waals surface area contributed by atoms with Gasteiger partial charge in [0.1, 0.15) is 0 Å². The number of carbonyl (C=O) groups is 2. The first kappa shape index (κ1) is 20.4. The van der Waals surface area contributed by atoms with E-state index in [4.69, 9.17) is 34.0 Å². The average Bonchev–Trinajstić information content (AvgIpc) is 2.67. The summed E-state index contributed by atoms with van der Waals surface area (Å²) in [7, 11) is 0. The molecule has 0 saturated heterocycles. The van der Waals surface area contributed by atoms with Crippen LogP contribution in [0.4, 0.5) is 0 Å². The maximum atomic E-state index is 12.3. The summed E-state index contributed by atoms with van der Waals surface area (Å²) in [6.07, 6.45) is 3.48. The molecule has 0 fully saturated rings. The quantitative estimate of drug-likeness (QED) is 0.632. The Bertz CT molecular complexity index is 926. The first-order valence-corrected chi connectivity index (χ1v) is 9.60. The molecule has 5 nitrogen and oxygen atoms in total. The largest absolute Gasteiger partial charge is 0.478 e. The van der Waals surface area contributed by atoms with Crippen LogP contribution in [-0.4, -0.2) is 29.6 Å². The van der Waals surface area contributed by atoms with Crippen LogP contribution >= 0.6 is 23.2 Å². The summed E-state index contributed by atoms with van der Waals surface area (Å²) in [5, 5.41) is 13.0. The van der Waals surface area contributed by atoms with Crippen molar-refractivity contribution in [1.82, 2.24) is 5.32 Å². The van der Waals surface area contributed by atoms with E-state index in [1.807, 2.05) is 12.1 Å². The highest BCUT2D eigenvalue weighted by atomic mass is 35.5. The fourth-order valence-corrected chi connectivity index (χ4v) is 3.91. The molecule has 0 radical (unpaired) electrons. The highest BCUT2D eigenvalue weighted by Gasteiger charge is 2.26. The number of hydrogen-bond acceptors (Lipinski definition) is 3.